The Morgan fingerprint density at radius 1 is 0.905 bits per heavy atom. The van der Waals surface area contributed by atoms with Gasteiger partial charge in [0.2, 0.25) is 0 Å². The molecule has 0 aliphatic carbocycles. The molecule has 0 spiro atoms. The van der Waals surface area contributed by atoms with Crippen molar-refractivity contribution < 1.29 is 15.0 Å². The third-order valence-electron chi connectivity index (χ3n) is 3.72. The summed E-state index contributed by atoms with van der Waals surface area (Å²) in [7, 11) is 0. The second-order valence-electron chi connectivity index (χ2n) is 5.92. The number of allylic oxidation sites excluding steroid dienone is 1. The molecule has 0 bridgehead atoms. The van der Waals surface area contributed by atoms with Gasteiger partial charge in [0, 0.05) is 0 Å². The first-order chi connectivity index (χ1) is 10.2. The van der Waals surface area contributed by atoms with Crippen LogP contribution in [0.4, 0.5) is 0 Å². The molecule has 124 valence electrons. The van der Waals surface area contributed by atoms with Crippen molar-refractivity contribution in [3.63, 3.8) is 0 Å². The van der Waals surface area contributed by atoms with Crippen LogP contribution in [-0.4, -0.2) is 22.3 Å². The number of carboxylic acid groups (broad SMARTS) is 1. The van der Waals surface area contributed by atoms with E-state index in [0.717, 1.165) is 12.8 Å². The van der Waals surface area contributed by atoms with E-state index >= 15 is 0 Å². The summed E-state index contributed by atoms with van der Waals surface area (Å²) in [5.74, 6) is -0.957. The van der Waals surface area contributed by atoms with Crippen molar-refractivity contribution in [1.82, 2.24) is 0 Å². The quantitative estimate of drug-likeness (QED) is 0.327. The summed E-state index contributed by atoms with van der Waals surface area (Å²) in [5, 5.41) is 17.8. The van der Waals surface area contributed by atoms with Crippen LogP contribution in [0.1, 0.15) is 90.4 Å². The molecule has 0 fully saturated rings. The predicted octanol–water partition coefficient (Wildman–Crippen LogP) is 5.08. The SMILES string of the molecule is CCCCCCCCCCCCC/C=C/C(O)CC(=O)O. The maximum atomic E-state index is 10.3. The molecule has 2 N–H and O–H groups in total. The third kappa shape index (κ3) is 17.1. The second kappa shape index (κ2) is 15.6. The molecule has 0 radical (unpaired) electrons. The van der Waals surface area contributed by atoms with Crippen molar-refractivity contribution in [2.24, 2.45) is 0 Å². The van der Waals surface area contributed by atoms with Gasteiger partial charge < -0.3 is 10.2 Å². The molecule has 3 nitrogen and oxygen atoms in total. The van der Waals surface area contributed by atoms with Crippen molar-refractivity contribution >= 4 is 5.97 Å². The summed E-state index contributed by atoms with van der Waals surface area (Å²) in [6.45, 7) is 2.25. The molecule has 0 aromatic heterocycles. The Kier molecular flexibility index (Phi) is 14.9. The lowest BCUT2D eigenvalue weighted by Crippen LogP contribution is -2.09. The lowest BCUT2D eigenvalue weighted by molar-refractivity contribution is -0.138. The molecule has 0 saturated heterocycles. The van der Waals surface area contributed by atoms with Crippen molar-refractivity contribution in [3.8, 4) is 0 Å². The van der Waals surface area contributed by atoms with Gasteiger partial charge in [-0.2, -0.15) is 0 Å². The number of unbranched alkanes of at least 4 members (excludes halogenated alkanes) is 11. The van der Waals surface area contributed by atoms with Crippen LogP contribution < -0.4 is 0 Å². The fourth-order valence-corrected chi connectivity index (χ4v) is 2.43. The van der Waals surface area contributed by atoms with Gasteiger partial charge in [0.25, 0.3) is 0 Å². The van der Waals surface area contributed by atoms with Crippen LogP contribution in [-0.2, 0) is 4.79 Å². The molecule has 0 aliphatic rings. The molecule has 1 atom stereocenters. The lowest BCUT2D eigenvalue weighted by atomic mass is 10.1. The first-order valence-corrected chi connectivity index (χ1v) is 8.73. The molecule has 0 aromatic carbocycles. The summed E-state index contributed by atoms with van der Waals surface area (Å²) < 4.78 is 0. The highest BCUT2D eigenvalue weighted by atomic mass is 16.4. The largest absolute Gasteiger partial charge is 0.481 e. The Balaban J connectivity index is 3.18. The summed E-state index contributed by atoms with van der Waals surface area (Å²) in [6, 6.07) is 0. The Labute approximate surface area is 130 Å². The smallest absolute Gasteiger partial charge is 0.306 e. The zero-order valence-electron chi connectivity index (χ0n) is 13.7. The molecule has 0 aliphatic heterocycles. The fourth-order valence-electron chi connectivity index (χ4n) is 2.43. The van der Waals surface area contributed by atoms with Gasteiger partial charge in [-0.1, -0.05) is 83.3 Å². The van der Waals surface area contributed by atoms with E-state index in [9.17, 15) is 9.90 Å². The fraction of sp³-hybridized carbons (Fsp3) is 0.833. The van der Waals surface area contributed by atoms with E-state index in [4.69, 9.17) is 5.11 Å². The third-order valence-corrected chi connectivity index (χ3v) is 3.72. The Bertz CT molecular complexity index is 261. The summed E-state index contributed by atoms with van der Waals surface area (Å²) in [4.78, 5) is 10.3. The molecule has 0 saturated carbocycles. The maximum Gasteiger partial charge on any atom is 0.306 e. The average molecular weight is 298 g/mol. The number of carboxylic acids is 1. The summed E-state index contributed by atoms with van der Waals surface area (Å²) in [5.41, 5.74) is 0. The van der Waals surface area contributed by atoms with E-state index < -0.39 is 12.1 Å². The van der Waals surface area contributed by atoms with Crippen LogP contribution in [0.25, 0.3) is 0 Å². The van der Waals surface area contributed by atoms with Crippen molar-refractivity contribution in [2.75, 3.05) is 0 Å². The number of aliphatic hydroxyl groups is 1. The van der Waals surface area contributed by atoms with E-state index in [-0.39, 0.29) is 6.42 Å². The van der Waals surface area contributed by atoms with Gasteiger partial charge in [-0.15, -0.1) is 0 Å². The summed E-state index contributed by atoms with van der Waals surface area (Å²) in [6.07, 6.45) is 18.0. The normalized spacial score (nSPS) is 12.9. The molecule has 1 unspecified atom stereocenters. The van der Waals surface area contributed by atoms with Gasteiger partial charge in [-0.25, -0.2) is 0 Å². The van der Waals surface area contributed by atoms with E-state index in [1.54, 1.807) is 6.08 Å². The average Bonchev–Trinajstić information content (AvgIpc) is 2.43. The van der Waals surface area contributed by atoms with E-state index in [0.29, 0.717) is 0 Å². The second-order valence-corrected chi connectivity index (χ2v) is 5.92. The first-order valence-electron chi connectivity index (χ1n) is 8.73. The highest BCUT2D eigenvalue weighted by Crippen LogP contribution is 2.12. The molecule has 3 heteroatoms. The van der Waals surface area contributed by atoms with Crippen LogP contribution in [0.5, 0.6) is 0 Å². The maximum absolute atomic E-state index is 10.3. The zero-order valence-corrected chi connectivity index (χ0v) is 13.7. The number of aliphatic carboxylic acids is 1. The number of hydrogen-bond donors (Lipinski definition) is 2. The Hall–Kier alpha value is -0.830. The van der Waals surface area contributed by atoms with Gasteiger partial charge in [-0.3, -0.25) is 4.79 Å². The van der Waals surface area contributed by atoms with Crippen LogP contribution >= 0.6 is 0 Å². The van der Waals surface area contributed by atoms with Gasteiger partial charge in [0.1, 0.15) is 0 Å². The van der Waals surface area contributed by atoms with Gasteiger partial charge in [0.15, 0.2) is 0 Å². The van der Waals surface area contributed by atoms with Gasteiger partial charge in [-0.05, 0) is 12.8 Å². The Morgan fingerprint density at radius 2 is 1.38 bits per heavy atom. The summed E-state index contributed by atoms with van der Waals surface area (Å²) >= 11 is 0. The van der Waals surface area contributed by atoms with Crippen LogP contribution in [0.15, 0.2) is 12.2 Å². The minimum absolute atomic E-state index is 0.200. The van der Waals surface area contributed by atoms with E-state index in [1.807, 2.05) is 6.08 Å². The van der Waals surface area contributed by atoms with Gasteiger partial charge in [0.05, 0.1) is 12.5 Å². The number of rotatable bonds is 15. The first kappa shape index (κ1) is 20.2. The van der Waals surface area contributed by atoms with Crippen molar-refractivity contribution in [2.45, 2.75) is 96.5 Å². The van der Waals surface area contributed by atoms with Crippen molar-refractivity contribution in [1.29, 1.82) is 0 Å². The lowest BCUT2D eigenvalue weighted by Gasteiger charge is -2.02. The topological polar surface area (TPSA) is 57.5 Å². The predicted molar refractivity (Wildman–Crippen MR) is 88.5 cm³/mol. The van der Waals surface area contributed by atoms with E-state index in [1.165, 1.54) is 64.2 Å². The molecular weight excluding hydrogens is 264 g/mol. The van der Waals surface area contributed by atoms with Crippen LogP contribution in [0.3, 0.4) is 0 Å². The van der Waals surface area contributed by atoms with Crippen LogP contribution in [0.2, 0.25) is 0 Å². The number of carbonyl (C=O) groups is 1. The molecule has 0 heterocycles. The number of aliphatic hydroxyl groups excluding tert-OH is 1. The monoisotopic (exact) mass is 298 g/mol. The highest BCUT2D eigenvalue weighted by Gasteiger charge is 2.04. The molecule has 0 aromatic rings. The number of hydrogen-bond acceptors (Lipinski definition) is 2. The van der Waals surface area contributed by atoms with Crippen molar-refractivity contribution in [3.05, 3.63) is 12.2 Å². The zero-order chi connectivity index (χ0) is 15.8. The standard InChI is InChI=1S/C18H34O3/c1-2-3-4-5-6-7-8-9-10-11-12-13-14-15-17(19)16-18(20)21/h14-15,17,19H,2-13,16H2,1H3,(H,20,21)/b15-14+. The minimum atomic E-state index is -0.957. The molecule has 21 heavy (non-hydrogen) atoms. The molecule has 0 rings (SSSR count). The van der Waals surface area contributed by atoms with E-state index in [2.05, 4.69) is 6.92 Å². The molecule has 0 amide bonds. The van der Waals surface area contributed by atoms with Crippen LogP contribution in [0, 0.1) is 0 Å². The molecular formula is C18H34O3. The highest BCUT2D eigenvalue weighted by molar-refractivity contribution is 5.67. The van der Waals surface area contributed by atoms with Gasteiger partial charge >= 0.3 is 5.97 Å². The minimum Gasteiger partial charge on any atom is -0.481 e. The Morgan fingerprint density at radius 3 is 1.86 bits per heavy atom.